The Morgan fingerprint density at radius 3 is 2.32 bits per heavy atom. The Bertz CT molecular complexity index is 1270. The van der Waals surface area contributed by atoms with Gasteiger partial charge in [-0.05, 0) is 59.7 Å². The summed E-state index contributed by atoms with van der Waals surface area (Å²) in [6.45, 7) is 3.38. The van der Waals surface area contributed by atoms with Crippen molar-refractivity contribution in [1.29, 1.82) is 0 Å². The van der Waals surface area contributed by atoms with E-state index in [4.69, 9.17) is 21.1 Å². The highest BCUT2D eigenvalue weighted by atomic mass is 35.5. The maximum atomic E-state index is 13.5. The zero-order valence-electron chi connectivity index (χ0n) is 21.7. The molecule has 2 aromatic carbocycles. The van der Waals surface area contributed by atoms with E-state index in [1.165, 1.54) is 10.4 Å². The first-order valence-corrected chi connectivity index (χ1v) is 14.1. The van der Waals surface area contributed by atoms with E-state index >= 15 is 0 Å². The van der Waals surface area contributed by atoms with E-state index in [0.29, 0.717) is 54.8 Å². The first kappa shape index (κ1) is 26.5. The first-order valence-electron chi connectivity index (χ1n) is 12.8. The molecule has 0 saturated carbocycles. The number of methoxy groups -OCH3 is 2. The third-order valence-electron chi connectivity index (χ3n) is 7.32. The molecule has 2 amide bonds. The van der Waals surface area contributed by atoms with Crippen LogP contribution in [0.25, 0.3) is 0 Å². The number of nitrogens with zero attached hydrogens (tertiary/aromatic N) is 3. The predicted octanol–water partition coefficient (Wildman–Crippen LogP) is 4.74. The average Bonchev–Trinajstić information content (AvgIpc) is 3.28. The summed E-state index contributed by atoms with van der Waals surface area (Å²) >= 11 is 7.94. The molecule has 3 aromatic rings. The van der Waals surface area contributed by atoms with Crippen molar-refractivity contribution in [3.63, 3.8) is 0 Å². The van der Waals surface area contributed by atoms with Gasteiger partial charge in [0.15, 0.2) is 0 Å². The zero-order valence-corrected chi connectivity index (χ0v) is 23.3. The molecule has 0 N–H and O–H groups in total. The number of hydrogen-bond acceptors (Lipinski definition) is 6. The van der Waals surface area contributed by atoms with Crippen LogP contribution in [0.2, 0.25) is 5.02 Å². The number of fused-ring (bicyclic) bond motifs is 1. The Morgan fingerprint density at radius 1 is 0.921 bits per heavy atom. The number of rotatable bonds is 6. The molecule has 9 heteroatoms. The average molecular weight is 554 g/mol. The van der Waals surface area contributed by atoms with Crippen molar-refractivity contribution in [2.24, 2.45) is 0 Å². The van der Waals surface area contributed by atoms with Crippen molar-refractivity contribution >= 4 is 34.8 Å². The molecule has 2 aliphatic heterocycles. The summed E-state index contributed by atoms with van der Waals surface area (Å²) in [6, 6.07) is 15.3. The molecule has 0 unspecified atom stereocenters. The molecular weight excluding hydrogens is 522 g/mol. The number of carbonyl (C=O) groups is 2. The summed E-state index contributed by atoms with van der Waals surface area (Å²) in [7, 11) is 3.13. The minimum absolute atomic E-state index is 0.0271. The number of benzene rings is 2. The summed E-state index contributed by atoms with van der Waals surface area (Å²) in [5, 5.41) is 2.84. The van der Waals surface area contributed by atoms with Crippen LogP contribution >= 0.6 is 22.9 Å². The minimum Gasteiger partial charge on any atom is -0.497 e. The van der Waals surface area contributed by atoms with Crippen molar-refractivity contribution in [2.45, 2.75) is 18.9 Å². The van der Waals surface area contributed by atoms with Gasteiger partial charge in [-0.1, -0.05) is 23.7 Å². The largest absolute Gasteiger partial charge is 0.497 e. The predicted molar refractivity (Wildman–Crippen MR) is 150 cm³/mol. The zero-order chi connectivity index (χ0) is 26.6. The molecule has 7 nitrogen and oxygen atoms in total. The van der Waals surface area contributed by atoms with Gasteiger partial charge < -0.3 is 19.3 Å². The van der Waals surface area contributed by atoms with E-state index in [1.807, 2.05) is 21.9 Å². The maximum Gasteiger partial charge on any atom is 0.254 e. The van der Waals surface area contributed by atoms with Crippen molar-refractivity contribution in [1.82, 2.24) is 14.7 Å². The van der Waals surface area contributed by atoms with E-state index in [1.54, 1.807) is 43.8 Å². The van der Waals surface area contributed by atoms with Crippen LogP contribution in [0, 0.1) is 0 Å². The van der Waals surface area contributed by atoms with E-state index in [9.17, 15) is 9.59 Å². The quantitative estimate of drug-likeness (QED) is 0.441. The summed E-state index contributed by atoms with van der Waals surface area (Å²) < 4.78 is 10.7. The lowest BCUT2D eigenvalue weighted by Gasteiger charge is -2.37. The minimum atomic E-state index is -0.0830. The number of thiophene rings is 1. The molecule has 38 heavy (non-hydrogen) atoms. The maximum absolute atomic E-state index is 13.5. The molecule has 1 aromatic heterocycles. The lowest BCUT2D eigenvalue weighted by molar-refractivity contribution is -0.132. The van der Waals surface area contributed by atoms with Gasteiger partial charge in [-0.2, -0.15) is 0 Å². The molecule has 3 heterocycles. The van der Waals surface area contributed by atoms with Crippen LogP contribution < -0.4 is 9.47 Å². The van der Waals surface area contributed by atoms with Gasteiger partial charge in [-0.25, -0.2) is 0 Å². The van der Waals surface area contributed by atoms with Gasteiger partial charge in [0.2, 0.25) is 5.91 Å². The highest BCUT2D eigenvalue weighted by Gasteiger charge is 2.32. The number of hydrogen-bond donors (Lipinski definition) is 0. The third kappa shape index (κ3) is 5.67. The topological polar surface area (TPSA) is 62.3 Å². The Labute approximate surface area is 232 Å². The molecule has 0 radical (unpaired) electrons. The molecule has 1 fully saturated rings. The fraction of sp³-hybridized carbons (Fsp3) is 0.379. The van der Waals surface area contributed by atoms with Crippen LogP contribution in [-0.2, 0) is 11.2 Å². The molecule has 1 saturated heterocycles. The van der Waals surface area contributed by atoms with Crippen LogP contribution in [0.3, 0.4) is 0 Å². The van der Waals surface area contributed by atoms with E-state index in [-0.39, 0.29) is 17.9 Å². The van der Waals surface area contributed by atoms with Crippen molar-refractivity contribution < 1.29 is 19.1 Å². The summed E-state index contributed by atoms with van der Waals surface area (Å²) in [4.78, 5) is 34.2. The molecule has 0 spiro atoms. The second kappa shape index (κ2) is 11.8. The van der Waals surface area contributed by atoms with E-state index in [0.717, 1.165) is 24.9 Å². The van der Waals surface area contributed by atoms with Gasteiger partial charge in [-0.3, -0.25) is 14.5 Å². The first-order chi connectivity index (χ1) is 18.5. The molecule has 200 valence electrons. The second-order valence-electron chi connectivity index (χ2n) is 9.60. The monoisotopic (exact) mass is 553 g/mol. The number of amides is 2. The van der Waals surface area contributed by atoms with Gasteiger partial charge in [0.25, 0.3) is 5.91 Å². The van der Waals surface area contributed by atoms with E-state index < -0.39 is 0 Å². The number of halogens is 1. The highest BCUT2D eigenvalue weighted by Crippen LogP contribution is 2.38. The summed E-state index contributed by atoms with van der Waals surface area (Å²) in [6.07, 6.45) is 1.67. The second-order valence-corrected chi connectivity index (χ2v) is 11.0. The molecule has 2 aliphatic rings. The van der Waals surface area contributed by atoms with Crippen LogP contribution in [-0.4, -0.2) is 80.0 Å². The molecule has 0 bridgehead atoms. The lowest BCUT2D eigenvalue weighted by Crippen LogP contribution is -2.45. The van der Waals surface area contributed by atoms with E-state index in [2.05, 4.69) is 28.5 Å². The lowest BCUT2D eigenvalue weighted by atomic mass is 9.93. The number of carbonyl (C=O) groups excluding carboxylic acids is 2. The highest BCUT2D eigenvalue weighted by molar-refractivity contribution is 7.10. The van der Waals surface area contributed by atoms with Crippen LogP contribution in [0.15, 0.2) is 53.9 Å². The van der Waals surface area contributed by atoms with Gasteiger partial charge in [0.05, 0.1) is 26.8 Å². The van der Waals surface area contributed by atoms with Crippen LogP contribution in [0.4, 0.5) is 0 Å². The van der Waals surface area contributed by atoms with Crippen LogP contribution in [0.1, 0.15) is 38.8 Å². The van der Waals surface area contributed by atoms with Crippen molar-refractivity contribution in [3.05, 3.63) is 80.5 Å². The van der Waals surface area contributed by atoms with Gasteiger partial charge in [0.1, 0.15) is 11.5 Å². The SMILES string of the molecule is COc1cc(OC)cc(C(=O)N2CCCN(C(=O)CN3CCc4sccc4[C@H]3c3ccc(Cl)cc3)CC2)c1. The van der Waals surface area contributed by atoms with Crippen LogP contribution in [0.5, 0.6) is 11.5 Å². The molecule has 1 atom stereocenters. The summed E-state index contributed by atoms with van der Waals surface area (Å²) in [5.41, 5.74) is 2.94. The third-order valence-corrected chi connectivity index (χ3v) is 8.57. The summed E-state index contributed by atoms with van der Waals surface area (Å²) in [5.74, 6) is 1.16. The fourth-order valence-electron chi connectivity index (χ4n) is 5.33. The smallest absolute Gasteiger partial charge is 0.254 e. The van der Waals surface area contributed by atoms with Crippen molar-refractivity contribution in [3.8, 4) is 11.5 Å². The normalized spacial score (nSPS) is 18.0. The van der Waals surface area contributed by atoms with Crippen molar-refractivity contribution in [2.75, 3.05) is 53.5 Å². The Hall–Kier alpha value is -3.07. The molecule has 0 aliphatic carbocycles. The van der Waals surface area contributed by atoms with Gasteiger partial charge in [-0.15, -0.1) is 11.3 Å². The fourth-order valence-corrected chi connectivity index (χ4v) is 6.36. The molecular formula is C29H32ClN3O4S. The number of ether oxygens (including phenoxy) is 2. The Morgan fingerprint density at radius 2 is 1.61 bits per heavy atom. The van der Waals surface area contributed by atoms with Gasteiger partial charge >= 0.3 is 0 Å². The standard InChI is InChI=1S/C29H32ClN3O4S/c1-36-23-16-21(17-24(18-23)37-2)29(35)32-11-3-10-31(13-14-32)27(34)19-33-12-8-26-25(9-15-38-26)28(33)20-4-6-22(30)7-5-20/h4-7,9,15-18,28H,3,8,10-14,19H2,1-2H3/t28-/m1/s1. The Balaban J connectivity index is 1.27. The Kier molecular flexibility index (Phi) is 8.21. The molecule has 5 rings (SSSR count). The van der Waals surface area contributed by atoms with Gasteiger partial charge in [0, 0.05) is 54.3 Å².